The van der Waals surface area contributed by atoms with Gasteiger partial charge in [0.25, 0.3) is 0 Å². The summed E-state index contributed by atoms with van der Waals surface area (Å²) in [5, 5.41) is 0. The van der Waals surface area contributed by atoms with Crippen LogP contribution in [0.15, 0.2) is 58.3 Å². The molecule has 0 bridgehead atoms. The Bertz CT molecular complexity index is 510. The summed E-state index contributed by atoms with van der Waals surface area (Å²) in [6.45, 7) is 2.07. The Kier molecular flexibility index (Phi) is 4.39. The highest BCUT2D eigenvalue weighted by Gasteiger charge is 2.09. The second-order valence-corrected chi connectivity index (χ2v) is 5.22. The van der Waals surface area contributed by atoms with Crippen molar-refractivity contribution in [2.45, 2.75) is 29.2 Å². The summed E-state index contributed by atoms with van der Waals surface area (Å²) >= 11 is 1.62. The Balaban J connectivity index is 2.26. The fourth-order valence-corrected chi connectivity index (χ4v) is 2.74. The standard InChI is InChI=1S/C15H16FNS/c1-2-14(17)13-5-3-4-6-15(13)18-12-9-7-11(16)8-10-12/h3-10,14H,2,17H2,1H3. The van der Waals surface area contributed by atoms with Crippen molar-refractivity contribution in [3.05, 3.63) is 59.9 Å². The molecule has 2 aromatic carbocycles. The quantitative estimate of drug-likeness (QED) is 0.883. The first-order chi connectivity index (χ1) is 8.70. The molecule has 1 atom stereocenters. The van der Waals surface area contributed by atoms with Crippen molar-refractivity contribution in [2.75, 3.05) is 0 Å². The van der Waals surface area contributed by atoms with E-state index in [0.717, 1.165) is 21.8 Å². The molecule has 0 aliphatic rings. The van der Waals surface area contributed by atoms with Gasteiger partial charge in [-0.05, 0) is 42.3 Å². The molecule has 2 N–H and O–H groups in total. The molecule has 0 radical (unpaired) electrons. The van der Waals surface area contributed by atoms with Crippen LogP contribution in [0.1, 0.15) is 24.9 Å². The fraction of sp³-hybridized carbons (Fsp3) is 0.200. The monoisotopic (exact) mass is 261 g/mol. The van der Waals surface area contributed by atoms with Crippen LogP contribution in [0.4, 0.5) is 4.39 Å². The van der Waals surface area contributed by atoms with Crippen LogP contribution in [0.25, 0.3) is 0 Å². The average molecular weight is 261 g/mol. The lowest BCUT2D eigenvalue weighted by Gasteiger charge is -2.14. The number of nitrogens with two attached hydrogens (primary N) is 1. The highest BCUT2D eigenvalue weighted by Crippen LogP contribution is 2.33. The molecule has 3 heteroatoms. The fourth-order valence-electron chi connectivity index (χ4n) is 1.73. The largest absolute Gasteiger partial charge is 0.324 e. The Morgan fingerprint density at radius 3 is 2.44 bits per heavy atom. The Hall–Kier alpha value is -1.32. The van der Waals surface area contributed by atoms with Gasteiger partial charge < -0.3 is 5.73 Å². The minimum atomic E-state index is -0.210. The molecule has 0 fully saturated rings. The van der Waals surface area contributed by atoms with Crippen LogP contribution in [0.2, 0.25) is 0 Å². The maximum Gasteiger partial charge on any atom is 0.123 e. The maximum atomic E-state index is 12.9. The van der Waals surface area contributed by atoms with Gasteiger partial charge in [0.1, 0.15) is 5.82 Å². The van der Waals surface area contributed by atoms with E-state index < -0.39 is 0 Å². The van der Waals surface area contributed by atoms with E-state index in [4.69, 9.17) is 5.73 Å². The highest BCUT2D eigenvalue weighted by molar-refractivity contribution is 7.99. The molecule has 0 amide bonds. The zero-order valence-corrected chi connectivity index (χ0v) is 11.1. The third kappa shape index (κ3) is 3.12. The highest BCUT2D eigenvalue weighted by atomic mass is 32.2. The predicted molar refractivity (Wildman–Crippen MR) is 74.2 cm³/mol. The zero-order valence-electron chi connectivity index (χ0n) is 10.3. The first-order valence-electron chi connectivity index (χ1n) is 5.98. The second kappa shape index (κ2) is 6.03. The molecule has 94 valence electrons. The van der Waals surface area contributed by atoms with Gasteiger partial charge in [-0.25, -0.2) is 4.39 Å². The Labute approximate surface area is 111 Å². The minimum absolute atomic E-state index is 0.0501. The van der Waals surface area contributed by atoms with Gasteiger partial charge >= 0.3 is 0 Å². The lowest BCUT2D eigenvalue weighted by atomic mass is 10.1. The zero-order chi connectivity index (χ0) is 13.0. The molecule has 2 rings (SSSR count). The first-order valence-corrected chi connectivity index (χ1v) is 6.80. The van der Waals surface area contributed by atoms with E-state index in [1.54, 1.807) is 23.9 Å². The summed E-state index contributed by atoms with van der Waals surface area (Å²) < 4.78 is 12.9. The number of benzene rings is 2. The Morgan fingerprint density at radius 1 is 1.11 bits per heavy atom. The van der Waals surface area contributed by atoms with E-state index in [1.807, 2.05) is 12.1 Å². The van der Waals surface area contributed by atoms with Crippen LogP contribution < -0.4 is 5.73 Å². The van der Waals surface area contributed by atoms with Gasteiger partial charge in [0.15, 0.2) is 0 Å². The number of halogens is 1. The maximum absolute atomic E-state index is 12.9. The van der Waals surface area contributed by atoms with Crippen molar-refractivity contribution in [3.8, 4) is 0 Å². The summed E-state index contributed by atoms with van der Waals surface area (Å²) in [6, 6.07) is 14.7. The molecular weight excluding hydrogens is 245 g/mol. The molecule has 0 heterocycles. The second-order valence-electron chi connectivity index (χ2n) is 4.11. The van der Waals surface area contributed by atoms with Gasteiger partial charge in [0.2, 0.25) is 0 Å². The van der Waals surface area contributed by atoms with Gasteiger partial charge in [0.05, 0.1) is 0 Å². The van der Waals surface area contributed by atoms with Crippen molar-refractivity contribution in [1.29, 1.82) is 0 Å². The number of hydrogen-bond donors (Lipinski definition) is 1. The number of rotatable bonds is 4. The van der Waals surface area contributed by atoms with E-state index in [-0.39, 0.29) is 11.9 Å². The summed E-state index contributed by atoms with van der Waals surface area (Å²) in [4.78, 5) is 2.16. The molecule has 0 spiro atoms. The average Bonchev–Trinajstić information content (AvgIpc) is 2.41. The van der Waals surface area contributed by atoms with Gasteiger partial charge in [-0.3, -0.25) is 0 Å². The summed E-state index contributed by atoms with van der Waals surface area (Å²) in [7, 11) is 0. The van der Waals surface area contributed by atoms with Crippen LogP contribution in [-0.2, 0) is 0 Å². The van der Waals surface area contributed by atoms with E-state index in [2.05, 4.69) is 19.1 Å². The van der Waals surface area contributed by atoms with Gasteiger partial charge in [-0.15, -0.1) is 0 Å². The minimum Gasteiger partial charge on any atom is -0.324 e. The molecule has 2 aromatic rings. The lowest BCUT2D eigenvalue weighted by molar-refractivity contribution is 0.626. The predicted octanol–water partition coefficient (Wildman–Crippen LogP) is 4.39. The summed E-state index contributed by atoms with van der Waals surface area (Å²) in [5.74, 6) is -0.210. The van der Waals surface area contributed by atoms with Gasteiger partial charge in [0, 0.05) is 15.8 Å². The molecule has 0 saturated heterocycles. The van der Waals surface area contributed by atoms with Gasteiger partial charge in [-0.1, -0.05) is 36.9 Å². The van der Waals surface area contributed by atoms with Crippen LogP contribution >= 0.6 is 11.8 Å². The van der Waals surface area contributed by atoms with Crippen LogP contribution in [-0.4, -0.2) is 0 Å². The van der Waals surface area contributed by atoms with Crippen molar-refractivity contribution in [1.82, 2.24) is 0 Å². The normalized spacial score (nSPS) is 12.4. The molecule has 0 aliphatic heterocycles. The van der Waals surface area contributed by atoms with E-state index in [0.29, 0.717) is 0 Å². The lowest BCUT2D eigenvalue weighted by Crippen LogP contribution is -2.09. The molecule has 1 unspecified atom stereocenters. The topological polar surface area (TPSA) is 26.0 Å². The first kappa shape index (κ1) is 13.1. The summed E-state index contributed by atoms with van der Waals surface area (Å²) in [5.41, 5.74) is 7.25. The van der Waals surface area contributed by atoms with Crippen molar-refractivity contribution >= 4 is 11.8 Å². The van der Waals surface area contributed by atoms with Crippen molar-refractivity contribution < 1.29 is 4.39 Å². The summed E-state index contributed by atoms with van der Waals surface area (Å²) in [6.07, 6.45) is 0.904. The number of hydrogen-bond acceptors (Lipinski definition) is 2. The van der Waals surface area contributed by atoms with Crippen LogP contribution in [0, 0.1) is 5.82 Å². The molecule has 0 aromatic heterocycles. The Morgan fingerprint density at radius 2 is 1.78 bits per heavy atom. The van der Waals surface area contributed by atoms with Crippen molar-refractivity contribution in [3.63, 3.8) is 0 Å². The van der Waals surface area contributed by atoms with Crippen molar-refractivity contribution in [2.24, 2.45) is 5.73 Å². The van der Waals surface area contributed by atoms with E-state index >= 15 is 0 Å². The molecule has 1 nitrogen and oxygen atoms in total. The van der Waals surface area contributed by atoms with Gasteiger partial charge in [-0.2, -0.15) is 0 Å². The van der Waals surface area contributed by atoms with Crippen LogP contribution in [0.3, 0.4) is 0 Å². The third-order valence-electron chi connectivity index (χ3n) is 2.80. The molecule has 0 saturated carbocycles. The molecule has 18 heavy (non-hydrogen) atoms. The SMILES string of the molecule is CCC(N)c1ccccc1Sc1ccc(F)cc1. The van der Waals surface area contributed by atoms with E-state index in [9.17, 15) is 4.39 Å². The third-order valence-corrected chi connectivity index (χ3v) is 3.90. The van der Waals surface area contributed by atoms with E-state index in [1.165, 1.54) is 12.1 Å². The molecule has 0 aliphatic carbocycles. The molecular formula is C15H16FNS. The smallest absolute Gasteiger partial charge is 0.123 e. The van der Waals surface area contributed by atoms with Crippen LogP contribution in [0.5, 0.6) is 0 Å².